The number of primary amides is 1. The van der Waals surface area contributed by atoms with Gasteiger partial charge in [-0.05, 0) is 67.8 Å². The van der Waals surface area contributed by atoms with E-state index in [9.17, 15) is 9.59 Å². The number of hydrogen-bond donors (Lipinski definition) is 2. The number of hydrogen-bond acceptors (Lipinski definition) is 3. The van der Waals surface area contributed by atoms with E-state index in [1.54, 1.807) is 24.3 Å². The topological polar surface area (TPSA) is 75.4 Å². The summed E-state index contributed by atoms with van der Waals surface area (Å²) in [6, 6.07) is 14.2. The second-order valence-electron chi connectivity index (χ2n) is 5.99. The molecule has 3 rings (SSSR count). The van der Waals surface area contributed by atoms with Crippen molar-refractivity contribution >= 4 is 23.2 Å². The van der Waals surface area contributed by atoms with Crippen molar-refractivity contribution in [3.8, 4) is 0 Å². The van der Waals surface area contributed by atoms with Crippen LogP contribution in [0.15, 0.2) is 48.5 Å². The average Bonchev–Trinajstić information content (AvgIpc) is 2.63. The lowest BCUT2D eigenvalue weighted by Crippen LogP contribution is -2.29. The minimum Gasteiger partial charge on any atom is -0.372 e. The van der Waals surface area contributed by atoms with Crippen molar-refractivity contribution in [3.05, 3.63) is 59.7 Å². The molecular weight excluding hydrogens is 302 g/mol. The van der Waals surface area contributed by atoms with E-state index in [4.69, 9.17) is 5.73 Å². The summed E-state index contributed by atoms with van der Waals surface area (Å²) in [7, 11) is 0. The van der Waals surface area contributed by atoms with Gasteiger partial charge >= 0.3 is 0 Å². The molecule has 0 bridgehead atoms. The van der Waals surface area contributed by atoms with E-state index in [2.05, 4.69) is 10.2 Å². The van der Waals surface area contributed by atoms with Gasteiger partial charge in [0.25, 0.3) is 5.91 Å². The highest BCUT2D eigenvalue weighted by Gasteiger charge is 2.12. The summed E-state index contributed by atoms with van der Waals surface area (Å²) in [6.07, 6.45) is 3.75. The van der Waals surface area contributed by atoms with Gasteiger partial charge in [-0.25, -0.2) is 0 Å². The van der Waals surface area contributed by atoms with Gasteiger partial charge in [0.05, 0.1) is 0 Å². The number of piperidine rings is 1. The standard InChI is InChI=1S/C19H21N3O2/c20-18(23)14-4-8-16(9-5-14)21-19(24)15-6-10-17(11-7-15)22-12-2-1-3-13-22/h4-11H,1-3,12-13H2,(H2,20,23)(H,21,24). The molecule has 1 aliphatic heterocycles. The van der Waals surface area contributed by atoms with Gasteiger partial charge in [-0.2, -0.15) is 0 Å². The monoisotopic (exact) mass is 323 g/mol. The van der Waals surface area contributed by atoms with E-state index in [-0.39, 0.29) is 5.91 Å². The van der Waals surface area contributed by atoms with E-state index in [0.717, 1.165) is 18.8 Å². The normalized spacial score (nSPS) is 14.2. The third-order valence-corrected chi connectivity index (χ3v) is 4.28. The second-order valence-corrected chi connectivity index (χ2v) is 5.99. The summed E-state index contributed by atoms with van der Waals surface area (Å²) in [5, 5.41) is 2.82. The highest BCUT2D eigenvalue weighted by molar-refractivity contribution is 6.04. The maximum Gasteiger partial charge on any atom is 0.255 e. The zero-order chi connectivity index (χ0) is 16.9. The molecule has 3 N–H and O–H groups in total. The first kappa shape index (κ1) is 16.1. The summed E-state index contributed by atoms with van der Waals surface area (Å²) in [5.74, 6) is -0.659. The Hall–Kier alpha value is -2.82. The zero-order valence-corrected chi connectivity index (χ0v) is 13.5. The van der Waals surface area contributed by atoms with Gasteiger partial charge < -0.3 is 16.0 Å². The van der Waals surface area contributed by atoms with Crippen LogP contribution < -0.4 is 16.0 Å². The molecule has 0 aliphatic carbocycles. The first-order chi connectivity index (χ1) is 11.6. The number of nitrogens with one attached hydrogen (secondary N) is 1. The summed E-state index contributed by atoms with van der Waals surface area (Å²) in [5.41, 5.74) is 8.02. The molecule has 2 aromatic carbocycles. The molecule has 1 saturated heterocycles. The van der Waals surface area contributed by atoms with Gasteiger partial charge in [-0.3, -0.25) is 9.59 Å². The highest BCUT2D eigenvalue weighted by atomic mass is 16.2. The maximum absolute atomic E-state index is 12.3. The lowest BCUT2D eigenvalue weighted by Gasteiger charge is -2.28. The highest BCUT2D eigenvalue weighted by Crippen LogP contribution is 2.20. The third kappa shape index (κ3) is 3.74. The van der Waals surface area contributed by atoms with Gasteiger partial charge in [0, 0.05) is 35.6 Å². The van der Waals surface area contributed by atoms with E-state index in [0.29, 0.717) is 16.8 Å². The zero-order valence-electron chi connectivity index (χ0n) is 13.5. The molecule has 2 aromatic rings. The first-order valence-corrected chi connectivity index (χ1v) is 8.20. The molecular formula is C19H21N3O2. The summed E-state index contributed by atoms with van der Waals surface area (Å²) in [6.45, 7) is 2.16. The predicted molar refractivity (Wildman–Crippen MR) is 95.4 cm³/mol. The minimum absolute atomic E-state index is 0.174. The van der Waals surface area contributed by atoms with E-state index in [1.165, 1.54) is 19.3 Å². The minimum atomic E-state index is -0.485. The largest absolute Gasteiger partial charge is 0.372 e. The smallest absolute Gasteiger partial charge is 0.255 e. The molecule has 24 heavy (non-hydrogen) atoms. The Morgan fingerprint density at radius 3 is 2.00 bits per heavy atom. The summed E-state index contributed by atoms with van der Waals surface area (Å²) in [4.78, 5) is 25.7. The third-order valence-electron chi connectivity index (χ3n) is 4.28. The number of amides is 2. The number of benzene rings is 2. The number of carbonyl (C=O) groups excluding carboxylic acids is 2. The van der Waals surface area contributed by atoms with E-state index >= 15 is 0 Å². The number of anilines is 2. The van der Waals surface area contributed by atoms with Crippen LogP contribution in [-0.4, -0.2) is 24.9 Å². The Kier molecular flexibility index (Phi) is 4.79. The van der Waals surface area contributed by atoms with E-state index < -0.39 is 5.91 Å². The molecule has 1 heterocycles. The maximum atomic E-state index is 12.3. The predicted octanol–water partition coefficient (Wildman–Crippen LogP) is 3.03. The van der Waals surface area contributed by atoms with Gasteiger partial charge in [0.2, 0.25) is 5.91 Å². The summed E-state index contributed by atoms with van der Waals surface area (Å²) < 4.78 is 0. The van der Waals surface area contributed by atoms with Crippen LogP contribution in [0.3, 0.4) is 0 Å². The number of carbonyl (C=O) groups is 2. The SMILES string of the molecule is NC(=O)c1ccc(NC(=O)c2ccc(N3CCCCC3)cc2)cc1. The summed E-state index contributed by atoms with van der Waals surface area (Å²) >= 11 is 0. The first-order valence-electron chi connectivity index (χ1n) is 8.20. The molecule has 124 valence electrons. The number of rotatable bonds is 4. The van der Waals surface area contributed by atoms with Gasteiger partial charge in [-0.1, -0.05) is 0 Å². The van der Waals surface area contributed by atoms with Crippen LogP contribution in [0.4, 0.5) is 11.4 Å². The van der Waals surface area contributed by atoms with Crippen molar-refractivity contribution in [2.45, 2.75) is 19.3 Å². The number of nitrogens with two attached hydrogens (primary N) is 1. The molecule has 0 aromatic heterocycles. The molecule has 0 saturated carbocycles. The molecule has 0 unspecified atom stereocenters. The van der Waals surface area contributed by atoms with Gasteiger partial charge in [-0.15, -0.1) is 0 Å². The lowest BCUT2D eigenvalue weighted by molar-refractivity contribution is 0.0998. The van der Waals surface area contributed by atoms with Crippen molar-refractivity contribution in [2.24, 2.45) is 5.73 Å². The fourth-order valence-corrected chi connectivity index (χ4v) is 2.90. The Labute approximate surface area is 141 Å². The fourth-order valence-electron chi connectivity index (χ4n) is 2.90. The Balaban J connectivity index is 1.65. The van der Waals surface area contributed by atoms with Crippen molar-refractivity contribution in [1.82, 2.24) is 0 Å². The van der Waals surface area contributed by atoms with Crippen molar-refractivity contribution in [3.63, 3.8) is 0 Å². The van der Waals surface area contributed by atoms with Crippen LogP contribution in [0.1, 0.15) is 40.0 Å². The van der Waals surface area contributed by atoms with Crippen LogP contribution in [0.2, 0.25) is 0 Å². The molecule has 2 amide bonds. The molecule has 5 nitrogen and oxygen atoms in total. The van der Waals surface area contributed by atoms with Crippen molar-refractivity contribution in [1.29, 1.82) is 0 Å². The Morgan fingerprint density at radius 1 is 0.833 bits per heavy atom. The number of nitrogens with zero attached hydrogens (tertiary/aromatic N) is 1. The van der Waals surface area contributed by atoms with Crippen LogP contribution in [0, 0.1) is 0 Å². The van der Waals surface area contributed by atoms with Crippen LogP contribution in [0.25, 0.3) is 0 Å². The Bertz CT molecular complexity index is 717. The molecule has 1 fully saturated rings. The van der Waals surface area contributed by atoms with E-state index in [1.807, 2.05) is 24.3 Å². The van der Waals surface area contributed by atoms with Crippen molar-refractivity contribution < 1.29 is 9.59 Å². The van der Waals surface area contributed by atoms with Crippen LogP contribution in [-0.2, 0) is 0 Å². The fraction of sp³-hybridized carbons (Fsp3) is 0.263. The quantitative estimate of drug-likeness (QED) is 0.908. The Morgan fingerprint density at radius 2 is 1.42 bits per heavy atom. The average molecular weight is 323 g/mol. The molecule has 1 aliphatic rings. The van der Waals surface area contributed by atoms with Gasteiger partial charge in [0.1, 0.15) is 0 Å². The van der Waals surface area contributed by atoms with Gasteiger partial charge in [0.15, 0.2) is 0 Å². The second kappa shape index (κ2) is 7.17. The van der Waals surface area contributed by atoms with Crippen molar-refractivity contribution in [2.75, 3.05) is 23.3 Å². The van der Waals surface area contributed by atoms with Crippen LogP contribution in [0.5, 0.6) is 0 Å². The lowest BCUT2D eigenvalue weighted by atomic mass is 10.1. The van der Waals surface area contributed by atoms with Crippen LogP contribution >= 0.6 is 0 Å². The molecule has 5 heteroatoms. The molecule has 0 spiro atoms. The molecule has 0 atom stereocenters. The molecule has 0 radical (unpaired) electrons.